The number of hydrogen-bond acceptors (Lipinski definition) is 15. The monoisotopic (exact) mass is 801 g/mol. The van der Waals surface area contributed by atoms with Crippen LogP contribution in [0.2, 0.25) is 0 Å². The number of nitrogens with two attached hydrogens (primary N) is 1. The minimum atomic E-state index is -1.00. The van der Waals surface area contributed by atoms with E-state index in [9.17, 15) is 18.8 Å². The van der Waals surface area contributed by atoms with Crippen molar-refractivity contribution < 1.29 is 29.6 Å². The van der Waals surface area contributed by atoms with Crippen molar-refractivity contribution >= 4 is 79.3 Å². The number of anilines is 3. The number of Topliss-reactive ketones (excluding diaryl/α,β-unsaturated/α-hetero) is 1. The van der Waals surface area contributed by atoms with Crippen LogP contribution >= 0.6 is 39.5 Å². The number of rotatable bonds is 10. The molecule has 19 heteroatoms. The van der Waals surface area contributed by atoms with E-state index in [4.69, 9.17) is 16.6 Å². The molecule has 0 aliphatic carbocycles. The fourth-order valence-corrected chi connectivity index (χ4v) is 4.65. The van der Waals surface area contributed by atoms with E-state index in [0.29, 0.717) is 39.9 Å². The number of thiocarbonyl (C=S) groups is 1. The van der Waals surface area contributed by atoms with Gasteiger partial charge in [-0.05, 0) is 69.4 Å². The molecule has 15 nitrogen and oxygen atoms in total. The molecule has 0 spiro atoms. The molecule has 0 aromatic carbocycles. The molecule has 4 N–H and O–H groups in total. The summed E-state index contributed by atoms with van der Waals surface area (Å²) in [6.07, 6.45) is 9.35. The molecule has 5 rings (SSSR count). The van der Waals surface area contributed by atoms with Gasteiger partial charge in [0.2, 0.25) is 17.7 Å². The fourth-order valence-electron chi connectivity index (χ4n) is 3.36. The van der Waals surface area contributed by atoms with E-state index in [1.54, 1.807) is 94.2 Å². The number of carbonyl (C=O) groups excluding carboxylic acids is 3. The Morgan fingerprint density at radius 1 is 0.941 bits per heavy atom. The van der Waals surface area contributed by atoms with Gasteiger partial charge in [0.1, 0.15) is 16.3 Å². The van der Waals surface area contributed by atoms with Crippen LogP contribution < -0.4 is 16.4 Å². The van der Waals surface area contributed by atoms with Crippen molar-refractivity contribution in [1.29, 1.82) is 0 Å². The number of esters is 2. The number of pyridine rings is 2. The summed E-state index contributed by atoms with van der Waals surface area (Å²) in [6.45, 7) is 5.50. The lowest BCUT2D eigenvalue weighted by atomic mass is 10.2. The highest BCUT2D eigenvalue weighted by Gasteiger charge is 2.27. The van der Waals surface area contributed by atoms with Crippen molar-refractivity contribution in [2.24, 2.45) is 5.73 Å². The zero-order valence-corrected chi connectivity index (χ0v) is 30.7. The molecule has 0 saturated carbocycles. The summed E-state index contributed by atoms with van der Waals surface area (Å²) in [7, 11) is -1.00. The maximum absolute atomic E-state index is 12.2. The lowest BCUT2D eigenvalue weighted by molar-refractivity contribution is -0.145. The summed E-state index contributed by atoms with van der Waals surface area (Å²) in [4.78, 5) is 63.2. The standard InChI is InChI=1S/C15H13N5O2S.C11H12BrNO3.C5H6N4S.CH3F/c1-2-22-13(21)12-11(10-6-3-4-7-16-10)19-15(23-12)20-14-17-8-5-9-18-14;1-7(2)16-11(15)9(12)10(14)8-5-3-4-6-13-8;6-4(10)9-5-7-2-1-3-8-5;1-2/h3-9H,2H2,1H3,(H,17,18,19,20);3-7,9H,1-2H3;1-3H,(H3,6,7,8,9,10);1H3/i;;;1D. The van der Waals surface area contributed by atoms with Gasteiger partial charge >= 0.3 is 11.9 Å². The highest BCUT2D eigenvalue weighted by atomic mass is 79.9. The minimum absolute atomic E-state index is 0.172. The summed E-state index contributed by atoms with van der Waals surface area (Å²) < 4.78 is 25.5. The highest BCUT2D eigenvalue weighted by Crippen LogP contribution is 2.31. The molecule has 5 aromatic rings. The van der Waals surface area contributed by atoms with E-state index >= 15 is 0 Å². The first kappa shape index (κ1) is 40.0. The van der Waals surface area contributed by atoms with Gasteiger partial charge in [-0.15, -0.1) is 0 Å². The molecule has 1 unspecified atom stereocenters. The predicted octanol–water partition coefficient (Wildman–Crippen LogP) is 5.61. The summed E-state index contributed by atoms with van der Waals surface area (Å²) in [5.74, 6) is -0.580. The average Bonchev–Trinajstić information content (AvgIpc) is 3.57. The second-order valence-electron chi connectivity index (χ2n) is 9.32. The first-order valence-electron chi connectivity index (χ1n) is 15.3. The third kappa shape index (κ3) is 14.9. The highest BCUT2D eigenvalue weighted by molar-refractivity contribution is 9.10. The van der Waals surface area contributed by atoms with Gasteiger partial charge in [0.05, 0.1) is 26.9 Å². The lowest BCUT2D eigenvalue weighted by Gasteiger charge is -2.11. The van der Waals surface area contributed by atoms with E-state index in [-0.39, 0.29) is 16.9 Å². The molecule has 5 heterocycles. The largest absolute Gasteiger partial charge is 0.462 e. The number of ketones is 1. The number of thiazole rings is 1. The summed E-state index contributed by atoms with van der Waals surface area (Å²) in [5.41, 5.74) is 6.49. The van der Waals surface area contributed by atoms with Gasteiger partial charge < -0.3 is 25.8 Å². The number of nitrogens with one attached hydrogen (secondary N) is 2. The summed E-state index contributed by atoms with van der Waals surface area (Å²) in [6, 6.07) is 13.8. The molecule has 0 aliphatic heterocycles. The van der Waals surface area contributed by atoms with Crippen molar-refractivity contribution in [1.82, 2.24) is 34.9 Å². The third-order valence-corrected chi connectivity index (χ3v) is 7.13. The van der Waals surface area contributed by atoms with E-state index < -0.39 is 29.7 Å². The van der Waals surface area contributed by atoms with Crippen molar-refractivity contribution in [3.8, 4) is 11.4 Å². The number of hydrogen-bond donors (Lipinski definition) is 3. The molecule has 1 atom stereocenters. The molecule has 0 bridgehead atoms. The third-order valence-electron chi connectivity index (χ3n) is 5.29. The van der Waals surface area contributed by atoms with Crippen molar-refractivity contribution in [3.63, 3.8) is 0 Å². The van der Waals surface area contributed by atoms with Gasteiger partial charge in [-0.25, -0.2) is 29.7 Å². The van der Waals surface area contributed by atoms with Crippen LogP contribution in [0.4, 0.5) is 21.4 Å². The van der Waals surface area contributed by atoms with Crippen LogP contribution in [-0.4, -0.2) is 82.4 Å². The number of carbonyl (C=O) groups is 3. The Hall–Kier alpha value is -5.40. The molecule has 0 radical (unpaired) electrons. The number of aromatic nitrogens is 7. The summed E-state index contributed by atoms with van der Waals surface area (Å²) >= 11 is 8.75. The molecule has 0 aliphatic rings. The van der Waals surface area contributed by atoms with Crippen LogP contribution in [0.5, 0.6) is 0 Å². The second-order valence-corrected chi connectivity index (χ2v) is 11.7. The molecule has 268 valence electrons. The maximum Gasteiger partial charge on any atom is 0.350 e. The quantitative estimate of drug-likeness (QED) is 0.0515. The van der Waals surface area contributed by atoms with Gasteiger partial charge in [0.15, 0.2) is 15.1 Å². The van der Waals surface area contributed by atoms with Crippen molar-refractivity contribution in [2.45, 2.75) is 31.7 Å². The van der Waals surface area contributed by atoms with Gasteiger partial charge in [-0.3, -0.25) is 23.9 Å². The Morgan fingerprint density at radius 3 is 2.02 bits per heavy atom. The van der Waals surface area contributed by atoms with Crippen molar-refractivity contribution in [3.05, 3.63) is 96.3 Å². The van der Waals surface area contributed by atoms with Crippen LogP contribution in [-0.2, 0) is 14.3 Å². The Kier molecular flexibility index (Phi) is 18.1. The average molecular weight is 803 g/mol. The Bertz CT molecular complexity index is 1820. The topological polar surface area (TPSA) is 210 Å². The zero-order valence-electron chi connectivity index (χ0n) is 28.5. The molecule has 51 heavy (non-hydrogen) atoms. The van der Waals surface area contributed by atoms with Gasteiger partial charge in [0.25, 0.3) is 0 Å². The molecular formula is C32H34BrFN10O5S2. The lowest BCUT2D eigenvalue weighted by Crippen LogP contribution is -2.28. The number of alkyl halides is 2. The first-order chi connectivity index (χ1) is 25.0. The van der Waals surface area contributed by atoms with E-state index in [0.717, 1.165) is 0 Å². The Morgan fingerprint density at radius 2 is 1.51 bits per heavy atom. The number of nitrogens with zero attached hydrogens (tertiary/aromatic N) is 7. The molecule has 5 aromatic heterocycles. The van der Waals surface area contributed by atoms with Gasteiger partial charge in [0, 0.05) is 37.2 Å². The van der Waals surface area contributed by atoms with Crippen LogP contribution in [0.3, 0.4) is 0 Å². The number of halogens is 2. The van der Waals surface area contributed by atoms with E-state index in [2.05, 4.69) is 73.7 Å². The maximum atomic E-state index is 12.2. The van der Waals surface area contributed by atoms with Crippen LogP contribution in [0.1, 0.15) is 42.3 Å². The van der Waals surface area contributed by atoms with Gasteiger partial charge in [-0.1, -0.05) is 39.4 Å². The van der Waals surface area contributed by atoms with Crippen LogP contribution in [0.15, 0.2) is 85.7 Å². The summed E-state index contributed by atoms with van der Waals surface area (Å²) in [5, 5.41) is 6.25. The Labute approximate surface area is 312 Å². The number of ether oxygens (including phenoxy) is 2. The first-order valence-corrected chi connectivity index (χ1v) is 16.8. The minimum Gasteiger partial charge on any atom is -0.462 e. The Balaban J connectivity index is 0.000000280. The SMILES string of the molecule is CC(C)OC(=O)C(Br)C(=O)c1ccccn1.CCOC(=O)c1sc(Nc2ncccn2)nc1-c1ccccn1.NC(=S)Nc1ncccn1.[2H]CF. The predicted molar refractivity (Wildman–Crippen MR) is 199 cm³/mol. The molecule has 0 amide bonds. The normalized spacial score (nSPS) is 10.6. The molecule has 0 fully saturated rings. The second kappa shape index (κ2) is 23.1. The van der Waals surface area contributed by atoms with Gasteiger partial charge in [-0.2, -0.15) is 0 Å². The van der Waals surface area contributed by atoms with E-state index in [1.807, 2.05) is 6.07 Å². The van der Waals surface area contributed by atoms with Crippen LogP contribution in [0, 0.1) is 0 Å². The molecule has 0 saturated heterocycles. The fraction of sp³-hybridized carbons (Fsp3) is 0.219. The van der Waals surface area contributed by atoms with Crippen molar-refractivity contribution in [2.75, 3.05) is 24.4 Å². The van der Waals surface area contributed by atoms with E-state index in [1.165, 1.54) is 17.5 Å². The molecular weight excluding hydrogens is 767 g/mol. The van der Waals surface area contributed by atoms with Crippen LogP contribution in [0.25, 0.3) is 11.4 Å². The smallest absolute Gasteiger partial charge is 0.350 e. The zero-order chi connectivity index (χ0) is 38.3.